The summed E-state index contributed by atoms with van der Waals surface area (Å²) in [5.41, 5.74) is 4.62. The van der Waals surface area contributed by atoms with E-state index in [1.807, 2.05) is 26.0 Å². The largest absolute Gasteiger partial charge is 0.449 e. The number of cyclic esters (lactones) is 1. The number of aromatic nitrogens is 3. The summed E-state index contributed by atoms with van der Waals surface area (Å²) >= 11 is 0. The number of carbonyl (C=O) groups is 1. The van der Waals surface area contributed by atoms with Gasteiger partial charge in [0.2, 0.25) is 0 Å². The van der Waals surface area contributed by atoms with E-state index in [1.54, 1.807) is 7.11 Å². The van der Waals surface area contributed by atoms with Crippen LogP contribution in [-0.2, 0) is 9.47 Å². The van der Waals surface area contributed by atoms with Gasteiger partial charge in [-0.05, 0) is 69.4 Å². The fourth-order valence-electron chi connectivity index (χ4n) is 6.07. The number of amides is 1. The number of hydrogen-bond acceptors (Lipinski definition) is 6. The lowest BCUT2D eigenvalue weighted by molar-refractivity contribution is 0.0582. The van der Waals surface area contributed by atoms with Gasteiger partial charge in [-0.25, -0.2) is 18.6 Å². The third kappa shape index (κ3) is 4.46. The van der Waals surface area contributed by atoms with Gasteiger partial charge in [-0.2, -0.15) is 0 Å². The molecule has 2 aliphatic rings. The molecule has 1 unspecified atom stereocenters. The Morgan fingerprint density at radius 2 is 1.79 bits per heavy atom. The van der Waals surface area contributed by atoms with Crippen molar-refractivity contribution in [1.82, 2.24) is 14.7 Å². The van der Waals surface area contributed by atoms with Gasteiger partial charge in [0.05, 0.1) is 35.1 Å². The molecule has 2 aromatic carbocycles. The summed E-state index contributed by atoms with van der Waals surface area (Å²) in [6, 6.07) is 9.18. The highest BCUT2D eigenvalue weighted by Gasteiger charge is 2.38. The molecule has 0 spiro atoms. The lowest BCUT2D eigenvalue weighted by Gasteiger charge is -2.37. The lowest BCUT2D eigenvalue weighted by atomic mass is 9.92. The number of benzene rings is 2. The molecule has 2 aromatic heterocycles. The molecule has 1 aliphatic carbocycles. The Bertz CT molecular complexity index is 1520. The summed E-state index contributed by atoms with van der Waals surface area (Å²) in [6.07, 6.45) is 3.67. The molecule has 0 radical (unpaired) electrons. The van der Waals surface area contributed by atoms with Crippen LogP contribution < -0.4 is 4.90 Å². The number of hydrogen-bond donors (Lipinski definition) is 0. The van der Waals surface area contributed by atoms with Gasteiger partial charge in [-0.3, -0.25) is 4.90 Å². The van der Waals surface area contributed by atoms with Gasteiger partial charge in [-0.15, -0.1) is 0 Å². The minimum absolute atomic E-state index is 0.145. The monoisotopic (exact) mass is 536 g/mol. The van der Waals surface area contributed by atoms with Crippen LogP contribution in [0.3, 0.4) is 0 Å². The van der Waals surface area contributed by atoms with E-state index in [4.69, 9.17) is 19.0 Å². The Labute approximate surface area is 224 Å². The molecule has 1 aliphatic heterocycles. The van der Waals surface area contributed by atoms with Crippen molar-refractivity contribution in [3.63, 3.8) is 0 Å². The van der Waals surface area contributed by atoms with Crippen LogP contribution >= 0.6 is 0 Å². The SMILES string of the molecule is CO[C@H]1CC[C@H](n2c(C3CCOC(=O)N3c3ccc(F)c(F)c3)nc3cc(-c4c(C)noc4C)ccc32)CC1. The van der Waals surface area contributed by atoms with Crippen LogP contribution in [-0.4, -0.2) is 40.6 Å². The highest BCUT2D eigenvalue weighted by atomic mass is 19.2. The van der Waals surface area contributed by atoms with Crippen LogP contribution in [0.2, 0.25) is 0 Å². The number of methoxy groups -OCH3 is 1. The number of aryl methyl sites for hydroxylation is 2. The van der Waals surface area contributed by atoms with Gasteiger partial charge in [0, 0.05) is 31.2 Å². The average Bonchev–Trinajstić information content (AvgIpc) is 3.48. The minimum atomic E-state index is -1.03. The number of fused-ring (bicyclic) bond motifs is 1. The predicted molar refractivity (Wildman–Crippen MR) is 141 cm³/mol. The molecule has 39 heavy (non-hydrogen) atoms. The summed E-state index contributed by atoms with van der Waals surface area (Å²) in [6.45, 7) is 3.99. The normalized spacial score (nSPS) is 21.9. The second-order valence-electron chi connectivity index (χ2n) is 10.3. The molecule has 1 saturated heterocycles. The number of imidazole rings is 1. The molecule has 8 nitrogen and oxygen atoms in total. The van der Waals surface area contributed by atoms with Gasteiger partial charge in [0.1, 0.15) is 17.6 Å². The summed E-state index contributed by atoms with van der Waals surface area (Å²) in [5.74, 6) is -0.582. The molecular weight excluding hydrogens is 506 g/mol. The van der Waals surface area contributed by atoms with E-state index >= 15 is 0 Å². The number of ether oxygens (including phenoxy) is 2. The molecule has 0 bridgehead atoms. The highest BCUT2D eigenvalue weighted by Crippen LogP contribution is 2.41. The zero-order chi connectivity index (χ0) is 27.3. The molecular formula is C29H30F2N4O4. The standard InChI is InChI=1S/C29H30F2N4O4/c1-16-27(17(2)39-33-16)18-4-11-25-24(14-18)32-28(34(25)19-5-8-21(37-3)9-6-19)26-12-13-38-29(36)35(26)20-7-10-22(30)23(31)15-20/h4,7,10-11,14-15,19,21,26H,5-6,8-9,12-13H2,1-3H3/t19-,21-,26?. The fraction of sp³-hybridized carbons (Fsp3) is 0.414. The fourth-order valence-corrected chi connectivity index (χ4v) is 6.07. The molecule has 1 amide bonds. The van der Waals surface area contributed by atoms with E-state index < -0.39 is 23.8 Å². The second-order valence-corrected chi connectivity index (χ2v) is 10.3. The van der Waals surface area contributed by atoms with Crippen molar-refractivity contribution in [2.45, 2.75) is 64.1 Å². The molecule has 1 atom stereocenters. The van der Waals surface area contributed by atoms with Crippen LogP contribution in [0.1, 0.15) is 61.5 Å². The maximum atomic E-state index is 14.2. The van der Waals surface area contributed by atoms with Crippen LogP contribution in [0.15, 0.2) is 40.9 Å². The predicted octanol–water partition coefficient (Wildman–Crippen LogP) is 6.80. The van der Waals surface area contributed by atoms with Crippen molar-refractivity contribution >= 4 is 22.8 Å². The Morgan fingerprint density at radius 1 is 1.00 bits per heavy atom. The van der Waals surface area contributed by atoms with Crippen molar-refractivity contribution in [3.05, 3.63) is 65.3 Å². The number of halogens is 2. The zero-order valence-corrected chi connectivity index (χ0v) is 22.1. The van der Waals surface area contributed by atoms with Crippen LogP contribution in [0.4, 0.5) is 19.3 Å². The first-order valence-electron chi connectivity index (χ1n) is 13.2. The smallest absolute Gasteiger partial charge is 0.414 e. The maximum Gasteiger partial charge on any atom is 0.414 e. The second kappa shape index (κ2) is 10.1. The Kier molecular flexibility index (Phi) is 6.58. The number of anilines is 1. The van der Waals surface area contributed by atoms with Gasteiger partial charge >= 0.3 is 6.09 Å². The zero-order valence-electron chi connectivity index (χ0n) is 22.1. The van der Waals surface area contributed by atoms with Crippen LogP contribution in [0, 0.1) is 25.5 Å². The Morgan fingerprint density at radius 3 is 2.49 bits per heavy atom. The van der Waals surface area contributed by atoms with Crippen LogP contribution in [0.25, 0.3) is 22.2 Å². The lowest BCUT2D eigenvalue weighted by Crippen LogP contribution is -2.42. The summed E-state index contributed by atoms with van der Waals surface area (Å²) in [5, 5.41) is 4.09. The van der Waals surface area contributed by atoms with Crippen molar-refractivity contribution in [2.75, 3.05) is 18.6 Å². The van der Waals surface area contributed by atoms with Gasteiger partial charge in [-0.1, -0.05) is 11.2 Å². The quantitative estimate of drug-likeness (QED) is 0.279. The molecule has 10 heteroatoms. The highest BCUT2D eigenvalue weighted by molar-refractivity contribution is 5.90. The topological polar surface area (TPSA) is 82.6 Å². The van der Waals surface area contributed by atoms with E-state index in [0.717, 1.165) is 71.4 Å². The third-order valence-electron chi connectivity index (χ3n) is 7.99. The van der Waals surface area contributed by atoms with E-state index in [0.29, 0.717) is 12.2 Å². The van der Waals surface area contributed by atoms with Gasteiger partial charge in [0.25, 0.3) is 0 Å². The van der Waals surface area contributed by atoms with Crippen molar-refractivity contribution in [3.8, 4) is 11.1 Å². The van der Waals surface area contributed by atoms with Gasteiger partial charge in [0.15, 0.2) is 11.6 Å². The average molecular weight is 537 g/mol. The number of nitrogens with zero attached hydrogens (tertiary/aromatic N) is 4. The molecule has 4 aromatic rings. The van der Waals surface area contributed by atoms with Crippen molar-refractivity contribution < 1.29 is 27.6 Å². The summed E-state index contributed by atoms with van der Waals surface area (Å²) in [7, 11) is 1.74. The van der Waals surface area contributed by atoms with Gasteiger partial charge < -0.3 is 18.6 Å². The first-order valence-corrected chi connectivity index (χ1v) is 13.2. The Hall–Kier alpha value is -3.79. The third-order valence-corrected chi connectivity index (χ3v) is 7.99. The first kappa shape index (κ1) is 25.5. The van der Waals surface area contributed by atoms with E-state index in [9.17, 15) is 13.6 Å². The molecule has 1 saturated carbocycles. The van der Waals surface area contributed by atoms with E-state index in [2.05, 4.69) is 15.8 Å². The van der Waals surface area contributed by atoms with E-state index in [-0.39, 0.29) is 24.4 Å². The molecule has 204 valence electrons. The molecule has 2 fully saturated rings. The molecule has 0 N–H and O–H groups in total. The van der Waals surface area contributed by atoms with Crippen molar-refractivity contribution in [1.29, 1.82) is 0 Å². The maximum absolute atomic E-state index is 14.2. The summed E-state index contributed by atoms with van der Waals surface area (Å²) in [4.78, 5) is 19.5. The number of rotatable bonds is 5. The first-order chi connectivity index (χ1) is 18.9. The molecule has 3 heterocycles. The van der Waals surface area contributed by atoms with Crippen molar-refractivity contribution in [2.24, 2.45) is 0 Å². The summed E-state index contributed by atoms with van der Waals surface area (Å²) < 4.78 is 46.6. The number of carbonyl (C=O) groups excluding carboxylic acids is 1. The van der Waals surface area contributed by atoms with E-state index in [1.165, 1.54) is 11.0 Å². The Balaban J connectivity index is 1.50. The van der Waals surface area contributed by atoms with Crippen LogP contribution in [0.5, 0.6) is 0 Å². The molecule has 6 rings (SSSR count). The minimum Gasteiger partial charge on any atom is -0.449 e.